The van der Waals surface area contributed by atoms with Gasteiger partial charge in [-0.2, -0.15) is 0 Å². The zero-order chi connectivity index (χ0) is 12.3. The highest BCUT2D eigenvalue weighted by Gasteiger charge is 2.21. The Bertz CT molecular complexity index is 461. The predicted molar refractivity (Wildman–Crippen MR) is 62.2 cm³/mol. The fourth-order valence-corrected chi connectivity index (χ4v) is 1.12. The second-order valence-corrected chi connectivity index (χ2v) is 3.97. The summed E-state index contributed by atoms with van der Waals surface area (Å²) in [7, 11) is 0. The van der Waals surface area contributed by atoms with Crippen LogP contribution >= 0.6 is 0 Å². The molecule has 0 unspecified atom stereocenters. The van der Waals surface area contributed by atoms with Crippen LogP contribution in [-0.4, -0.2) is 15.4 Å². The molecule has 1 heterocycles. The van der Waals surface area contributed by atoms with Gasteiger partial charge in [-0.05, 0) is 26.8 Å². The molecule has 0 aliphatic heterocycles. The van der Waals surface area contributed by atoms with E-state index in [0.717, 1.165) is 0 Å². The molecule has 5 nitrogen and oxygen atoms in total. The number of nitrogens with zero attached hydrogens (tertiary/aromatic N) is 2. The number of anilines is 1. The quantitative estimate of drug-likeness (QED) is 0.480. The van der Waals surface area contributed by atoms with Gasteiger partial charge in [0, 0.05) is 11.8 Å². The molecule has 0 bridgehead atoms. The number of pyridine rings is 1. The molecule has 0 aromatic carbocycles. The van der Waals surface area contributed by atoms with Gasteiger partial charge < -0.3 is 5.32 Å². The summed E-state index contributed by atoms with van der Waals surface area (Å²) in [5.41, 5.74) is -0.0548. The van der Waals surface area contributed by atoms with Gasteiger partial charge in [0.2, 0.25) is 5.82 Å². The van der Waals surface area contributed by atoms with Crippen molar-refractivity contribution in [2.45, 2.75) is 26.3 Å². The van der Waals surface area contributed by atoms with Crippen LogP contribution in [0.25, 0.3) is 0 Å². The third-order valence-corrected chi connectivity index (χ3v) is 2.00. The predicted octanol–water partition coefficient (Wildman–Crippen LogP) is 2.12. The average molecular weight is 219 g/mol. The monoisotopic (exact) mass is 219 g/mol. The standard InChI is InChI=1S/C11H13N3O2/c1-5-11(3,4)13-10-9(14(15)16)7-6-8(2)12-10/h1,6-7H,2-4H3,(H,12,13). The van der Waals surface area contributed by atoms with E-state index >= 15 is 0 Å². The van der Waals surface area contributed by atoms with Gasteiger partial charge in [-0.25, -0.2) is 4.98 Å². The number of hydrogen-bond donors (Lipinski definition) is 1. The Kier molecular flexibility index (Phi) is 3.14. The van der Waals surface area contributed by atoms with Crippen LogP contribution in [0.2, 0.25) is 0 Å². The summed E-state index contributed by atoms with van der Waals surface area (Å²) in [4.78, 5) is 14.4. The van der Waals surface area contributed by atoms with Crippen LogP contribution in [0.3, 0.4) is 0 Å². The van der Waals surface area contributed by atoms with Gasteiger partial charge in [0.1, 0.15) is 0 Å². The van der Waals surface area contributed by atoms with Crippen molar-refractivity contribution in [3.8, 4) is 12.3 Å². The topological polar surface area (TPSA) is 68.1 Å². The van der Waals surface area contributed by atoms with Crippen LogP contribution in [0.5, 0.6) is 0 Å². The van der Waals surface area contributed by atoms with Crippen molar-refractivity contribution in [1.29, 1.82) is 0 Å². The molecule has 1 aromatic heterocycles. The fourth-order valence-electron chi connectivity index (χ4n) is 1.12. The number of aromatic nitrogens is 1. The minimum absolute atomic E-state index is 0.0751. The van der Waals surface area contributed by atoms with E-state index in [9.17, 15) is 10.1 Å². The molecule has 1 aromatic rings. The molecule has 84 valence electrons. The van der Waals surface area contributed by atoms with E-state index in [2.05, 4.69) is 16.2 Å². The summed E-state index contributed by atoms with van der Waals surface area (Å²) in [6.07, 6.45) is 5.31. The van der Waals surface area contributed by atoms with Crippen LogP contribution in [0.15, 0.2) is 12.1 Å². The lowest BCUT2D eigenvalue weighted by molar-refractivity contribution is -0.384. The van der Waals surface area contributed by atoms with Gasteiger partial charge in [0.05, 0.1) is 10.5 Å². The van der Waals surface area contributed by atoms with Gasteiger partial charge in [-0.1, -0.05) is 5.92 Å². The van der Waals surface area contributed by atoms with Crippen LogP contribution in [-0.2, 0) is 0 Å². The summed E-state index contributed by atoms with van der Waals surface area (Å²) in [6.45, 7) is 5.26. The second-order valence-electron chi connectivity index (χ2n) is 3.97. The Hall–Kier alpha value is -2.09. The lowest BCUT2D eigenvalue weighted by Crippen LogP contribution is -2.29. The molecule has 1 N–H and O–H groups in total. The molecular formula is C11H13N3O2. The molecule has 0 amide bonds. The molecule has 0 aliphatic carbocycles. The lowest BCUT2D eigenvalue weighted by atomic mass is 10.1. The van der Waals surface area contributed by atoms with Gasteiger partial charge in [0.25, 0.3) is 0 Å². The first kappa shape index (κ1) is 12.0. The maximum absolute atomic E-state index is 10.8. The Morgan fingerprint density at radius 3 is 2.69 bits per heavy atom. The highest BCUT2D eigenvalue weighted by atomic mass is 16.6. The third kappa shape index (κ3) is 2.70. The molecule has 0 saturated heterocycles. The van der Waals surface area contributed by atoms with Crippen molar-refractivity contribution < 1.29 is 4.92 Å². The number of aryl methyl sites for hydroxylation is 1. The zero-order valence-corrected chi connectivity index (χ0v) is 9.44. The number of hydrogen-bond acceptors (Lipinski definition) is 4. The fraction of sp³-hybridized carbons (Fsp3) is 0.364. The van der Waals surface area contributed by atoms with E-state index < -0.39 is 10.5 Å². The Morgan fingerprint density at radius 2 is 2.19 bits per heavy atom. The van der Waals surface area contributed by atoms with E-state index in [1.54, 1.807) is 26.8 Å². The van der Waals surface area contributed by atoms with Gasteiger partial charge >= 0.3 is 5.69 Å². The third-order valence-electron chi connectivity index (χ3n) is 2.00. The minimum Gasteiger partial charge on any atom is -0.349 e. The molecule has 16 heavy (non-hydrogen) atoms. The summed E-state index contributed by atoms with van der Waals surface area (Å²) in [6, 6.07) is 3.00. The van der Waals surface area contributed by atoms with Crippen molar-refractivity contribution in [2.75, 3.05) is 5.32 Å². The zero-order valence-electron chi connectivity index (χ0n) is 9.44. The largest absolute Gasteiger partial charge is 0.349 e. The smallest absolute Gasteiger partial charge is 0.311 e. The van der Waals surface area contributed by atoms with E-state index in [4.69, 9.17) is 6.42 Å². The summed E-state index contributed by atoms with van der Waals surface area (Å²) < 4.78 is 0. The van der Waals surface area contributed by atoms with Crippen LogP contribution < -0.4 is 5.32 Å². The summed E-state index contributed by atoms with van der Waals surface area (Å²) in [5.74, 6) is 2.70. The number of nitro groups is 1. The molecule has 0 spiro atoms. The van der Waals surface area contributed by atoms with E-state index in [1.165, 1.54) is 6.07 Å². The van der Waals surface area contributed by atoms with Gasteiger partial charge in [-0.15, -0.1) is 6.42 Å². The first-order valence-electron chi connectivity index (χ1n) is 4.74. The highest BCUT2D eigenvalue weighted by Crippen LogP contribution is 2.24. The SMILES string of the molecule is C#CC(C)(C)Nc1nc(C)ccc1[N+](=O)[O-]. The van der Waals surface area contributed by atoms with Crippen molar-refractivity contribution in [3.05, 3.63) is 27.9 Å². The maximum atomic E-state index is 10.8. The maximum Gasteiger partial charge on any atom is 0.311 e. The van der Waals surface area contributed by atoms with Crippen LogP contribution in [0.1, 0.15) is 19.5 Å². The molecule has 0 aliphatic rings. The molecule has 0 fully saturated rings. The van der Waals surface area contributed by atoms with Gasteiger partial charge in [0.15, 0.2) is 0 Å². The molecular weight excluding hydrogens is 206 g/mol. The van der Waals surface area contributed by atoms with Crippen molar-refractivity contribution in [1.82, 2.24) is 4.98 Å². The lowest BCUT2D eigenvalue weighted by Gasteiger charge is -2.20. The Labute approximate surface area is 94.0 Å². The van der Waals surface area contributed by atoms with Gasteiger partial charge in [-0.3, -0.25) is 10.1 Å². The number of rotatable bonds is 3. The molecule has 0 radical (unpaired) electrons. The second kappa shape index (κ2) is 4.19. The van der Waals surface area contributed by atoms with Crippen molar-refractivity contribution >= 4 is 11.5 Å². The van der Waals surface area contributed by atoms with E-state index in [0.29, 0.717) is 5.69 Å². The molecule has 0 saturated carbocycles. The minimum atomic E-state index is -0.675. The first-order valence-corrected chi connectivity index (χ1v) is 4.74. The number of nitrogens with one attached hydrogen (secondary N) is 1. The molecule has 1 rings (SSSR count). The first-order chi connectivity index (χ1) is 7.35. The average Bonchev–Trinajstić information content (AvgIpc) is 2.16. The number of terminal acetylenes is 1. The van der Waals surface area contributed by atoms with Crippen LogP contribution in [0.4, 0.5) is 11.5 Å². The normalized spacial score (nSPS) is 10.6. The van der Waals surface area contributed by atoms with Crippen molar-refractivity contribution in [3.63, 3.8) is 0 Å². The summed E-state index contributed by atoms with van der Waals surface area (Å²) in [5, 5.41) is 13.7. The molecule has 0 atom stereocenters. The Morgan fingerprint density at radius 1 is 1.56 bits per heavy atom. The Balaban J connectivity index is 3.17. The van der Waals surface area contributed by atoms with Crippen LogP contribution in [0, 0.1) is 29.4 Å². The van der Waals surface area contributed by atoms with Crippen molar-refractivity contribution in [2.24, 2.45) is 0 Å². The summed E-state index contributed by atoms with van der Waals surface area (Å²) >= 11 is 0. The van der Waals surface area contributed by atoms with E-state index in [1.807, 2.05) is 0 Å². The highest BCUT2D eigenvalue weighted by molar-refractivity contribution is 5.58. The molecule has 5 heteroatoms. The van der Waals surface area contributed by atoms with E-state index in [-0.39, 0.29) is 11.5 Å².